The Morgan fingerprint density at radius 1 is 1.07 bits per heavy atom. The van der Waals surface area contributed by atoms with Crippen molar-refractivity contribution in [3.8, 4) is 0 Å². The molecule has 0 radical (unpaired) electrons. The molecule has 0 saturated carbocycles. The van der Waals surface area contributed by atoms with Crippen LogP contribution in [-0.2, 0) is 0 Å². The van der Waals surface area contributed by atoms with Gasteiger partial charge in [0.15, 0.2) is 0 Å². The van der Waals surface area contributed by atoms with Crippen molar-refractivity contribution in [1.29, 1.82) is 0 Å². The first kappa shape index (κ1) is 7.38. The largest absolute Gasteiger partial charge is 0.382 e. The maximum Gasteiger partial charge on any atom is 0.144 e. The number of nitrogen functional groups attached to an aromatic ring is 1. The molecule has 14 heavy (non-hydrogen) atoms. The van der Waals surface area contributed by atoms with Crippen molar-refractivity contribution in [1.82, 2.24) is 9.61 Å². The fraction of sp³-hybridized carbons (Fsp3) is 0. The summed E-state index contributed by atoms with van der Waals surface area (Å²) in [6, 6.07) is 14.0. The summed E-state index contributed by atoms with van der Waals surface area (Å²) in [5.74, 6) is 0.541. The van der Waals surface area contributed by atoms with Crippen molar-refractivity contribution in [3.05, 3.63) is 42.5 Å². The van der Waals surface area contributed by atoms with Gasteiger partial charge in [-0.25, -0.2) is 4.52 Å². The summed E-state index contributed by atoms with van der Waals surface area (Å²) in [6.07, 6.45) is 0. The smallest absolute Gasteiger partial charge is 0.144 e. The van der Waals surface area contributed by atoms with Gasteiger partial charge in [-0.15, -0.1) is 0 Å². The van der Waals surface area contributed by atoms with Gasteiger partial charge >= 0.3 is 0 Å². The number of para-hydroxylation sites is 1. The van der Waals surface area contributed by atoms with E-state index in [1.54, 1.807) is 0 Å². The highest BCUT2D eigenvalue weighted by atomic mass is 15.2. The van der Waals surface area contributed by atoms with E-state index in [1.807, 2.05) is 34.8 Å². The highest BCUT2D eigenvalue weighted by Gasteiger charge is 2.01. The number of nitrogens with zero attached hydrogens (tertiary/aromatic N) is 2. The maximum absolute atomic E-state index is 5.64. The Morgan fingerprint density at radius 3 is 2.86 bits per heavy atom. The second-order valence-corrected chi connectivity index (χ2v) is 3.30. The number of hydrogen-bond donors (Lipinski definition) is 1. The third kappa shape index (κ3) is 0.893. The van der Waals surface area contributed by atoms with E-state index in [0.29, 0.717) is 5.82 Å². The van der Waals surface area contributed by atoms with Crippen molar-refractivity contribution >= 4 is 22.2 Å². The van der Waals surface area contributed by atoms with Crippen molar-refractivity contribution in [2.24, 2.45) is 0 Å². The Morgan fingerprint density at radius 2 is 1.93 bits per heavy atom. The van der Waals surface area contributed by atoms with Crippen LogP contribution in [0.1, 0.15) is 0 Å². The van der Waals surface area contributed by atoms with Crippen LogP contribution in [0.25, 0.3) is 16.4 Å². The van der Waals surface area contributed by atoms with Crippen molar-refractivity contribution in [2.45, 2.75) is 0 Å². The molecule has 3 nitrogen and oxygen atoms in total. The zero-order chi connectivity index (χ0) is 9.54. The quantitative estimate of drug-likeness (QED) is 0.579. The molecular weight excluding hydrogens is 174 g/mol. The van der Waals surface area contributed by atoms with E-state index >= 15 is 0 Å². The fourth-order valence-corrected chi connectivity index (χ4v) is 1.71. The maximum atomic E-state index is 5.64. The summed E-state index contributed by atoms with van der Waals surface area (Å²) in [5, 5.41) is 5.44. The molecule has 0 bridgehead atoms. The van der Waals surface area contributed by atoms with E-state index in [-0.39, 0.29) is 0 Å². The summed E-state index contributed by atoms with van der Waals surface area (Å²) in [5.41, 5.74) is 7.80. The zero-order valence-electron chi connectivity index (χ0n) is 7.51. The Hall–Kier alpha value is -2.03. The zero-order valence-corrected chi connectivity index (χ0v) is 7.51. The molecule has 0 aliphatic heterocycles. The van der Waals surface area contributed by atoms with E-state index in [9.17, 15) is 0 Å². The van der Waals surface area contributed by atoms with Gasteiger partial charge in [0.05, 0.1) is 11.0 Å². The lowest BCUT2D eigenvalue weighted by Gasteiger charge is -1.96. The predicted molar refractivity (Wildman–Crippen MR) is 57.1 cm³/mol. The van der Waals surface area contributed by atoms with E-state index < -0.39 is 0 Å². The Labute approximate surface area is 80.8 Å². The van der Waals surface area contributed by atoms with Crippen LogP contribution < -0.4 is 5.73 Å². The van der Waals surface area contributed by atoms with Gasteiger partial charge < -0.3 is 5.73 Å². The molecule has 3 heteroatoms. The van der Waals surface area contributed by atoms with Gasteiger partial charge in [0.2, 0.25) is 0 Å². The molecule has 0 saturated heterocycles. The van der Waals surface area contributed by atoms with Gasteiger partial charge in [0.1, 0.15) is 5.82 Å². The second-order valence-electron chi connectivity index (χ2n) is 3.30. The second kappa shape index (κ2) is 2.48. The number of hydrogen-bond acceptors (Lipinski definition) is 2. The average molecular weight is 183 g/mol. The minimum absolute atomic E-state index is 0.541. The first-order valence-electron chi connectivity index (χ1n) is 4.47. The molecule has 2 aromatic heterocycles. The van der Waals surface area contributed by atoms with E-state index in [2.05, 4.69) is 17.2 Å². The van der Waals surface area contributed by atoms with Crippen molar-refractivity contribution < 1.29 is 0 Å². The lowest BCUT2D eigenvalue weighted by Crippen LogP contribution is -1.96. The summed E-state index contributed by atoms with van der Waals surface area (Å²) in [6.45, 7) is 0. The molecule has 0 amide bonds. The van der Waals surface area contributed by atoms with Crippen LogP contribution >= 0.6 is 0 Å². The highest BCUT2D eigenvalue weighted by Crippen LogP contribution is 2.19. The Bertz CT molecular complexity index is 610. The standard InChI is InChI=1S/C11H9N3/c12-11-6-5-9-7-8-3-1-2-4-10(8)14(9)13-11/h1-7H,(H2,12,13). The van der Waals surface area contributed by atoms with E-state index in [1.165, 1.54) is 5.39 Å². The summed E-state index contributed by atoms with van der Waals surface area (Å²) in [4.78, 5) is 0. The number of anilines is 1. The first-order chi connectivity index (χ1) is 6.84. The SMILES string of the molecule is Nc1ccc2cc3ccccc3n2n1. The van der Waals surface area contributed by atoms with Gasteiger partial charge in [0.25, 0.3) is 0 Å². The summed E-state index contributed by atoms with van der Waals surface area (Å²) in [7, 11) is 0. The number of rotatable bonds is 0. The molecule has 1 aromatic carbocycles. The first-order valence-corrected chi connectivity index (χ1v) is 4.47. The molecule has 68 valence electrons. The molecule has 2 heterocycles. The van der Waals surface area contributed by atoms with Gasteiger partial charge in [-0.05, 0) is 24.3 Å². The average Bonchev–Trinajstić information content (AvgIpc) is 2.56. The minimum Gasteiger partial charge on any atom is -0.382 e. The number of nitrogens with two attached hydrogens (primary N) is 1. The predicted octanol–water partition coefficient (Wildman–Crippen LogP) is 2.07. The molecule has 3 aromatic rings. The molecule has 0 fully saturated rings. The van der Waals surface area contributed by atoms with Crippen LogP contribution in [0.5, 0.6) is 0 Å². The normalized spacial score (nSPS) is 11.1. The van der Waals surface area contributed by atoms with Crippen molar-refractivity contribution in [2.75, 3.05) is 5.73 Å². The van der Waals surface area contributed by atoms with Crippen LogP contribution in [-0.4, -0.2) is 9.61 Å². The lowest BCUT2D eigenvalue weighted by atomic mass is 10.2. The molecular formula is C11H9N3. The molecule has 0 spiro atoms. The number of fused-ring (bicyclic) bond motifs is 3. The topological polar surface area (TPSA) is 43.3 Å². The van der Waals surface area contributed by atoms with E-state index in [0.717, 1.165) is 11.0 Å². The van der Waals surface area contributed by atoms with E-state index in [4.69, 9.17) is 5.73 Å². The number of aromatic nitrogens is 2. The third-order valence-corrected chi connectivity index (χ3v) is 2.35. The molecule has 0 aliphatic carbocycles. The Balaban J connectivity index is 2.58. The molecule has 2 N–H and O–H groups in total. The van der Waals surface area contributed by atoms with Crippen molar-refractivity contribution in [3.63, 3.8) is 0 Å². The van der Waals surface area contributed by atoms with Gasteiger partial charge in [-0.2, -0.15) is 5.10 Å². The molecule has 3 rings (SSSR count). The van der Waals surface area contributed by atoms with Crippen LogP contribution in [0, 0.1) is 0 Å². The molecule has 0 aliphatic rings. The summed E-state index contributed by atoms with van der Waals surface area (Å²) < 4.78 is 1.87. The highest BCUT2D eigenvalue weighted by molar-refractivity contribution is 5.86. The van der Waals surface area contributed by atoms with Crippen LogP contribution in [0.4, 0.5) is 5.82 Å². The lowest BCUT2D eigenvalue weighted by molar-refractivity contribution is 0.985. The van der Waals surface area contributed by atoms with Gasteiger partial charge in [0, 0.05) is 5.39 Å². The molecule has 0 unspecified atom stereocenters. The minimum atomic E-state index is 0.541. The molecule has 0 atom stereocenters. The van der Waals surface area contributed by atoms with Gasteiger partial charge in [-0.3, -0.25) is 0 Å². The summed E-state index contributed by atoms with van der Waals surface area (Å²) >= 11 is 0. The Kier molecular flexibility index (Phi) is 1.31. The third-order valence-electron chi connectivity index (χ3n) is 2.35. The van der Waals surface area contributed by atoms with Crippen LogP contribution in [0.3, 0.4) is 0 Å². The van der Waals surface area contributed by atoms with Crippen LogP contribution in [0.2, 0.25) is 0 Å². The number of benzene rings is 1. The van der Waals surface area contributed by atoms with Crippen LogP contribution in [0.15, 0.2) is 42.5 Å². The monoisotopic (exact) mass is 183 g/mol. The fourth-order valence-electron chi connectivity index (χ4n) is 1.71. The van der Waals surface area contributed by atoms with Gasteiger partial charge in [-0.1, -0.05) is 18.2 Å².